The van der Waals surface area contributed by atoms with Crippen molar-refractivity contribution in [3.63, 3.8) is 0 Å². The monoisotopic (exact) mass is 235 g/mol. The van der Waals surface area contributed by atoms with Gasteiger partial charge in [-0.25, -0.2) is 4.79 Å². The molecule has 0 atom stereocenters. The Morgan fingerprint density at radius 1 is 1.12 bits per heavy atom. The average molecular weight is 235 g/mol. The van der Waals surface area contributed by atoms with E-state index in [2.05, 4.69) is 24.1 Å². The van der Waals surface area contributed by atoms with Crippen LogP contribution in [0.1, 0.15) is 13.8 Å². The van der Waals surface area contributed by atoms with Crippen molar-refractivity contribution in [1.82, 2.24) is 4.90 Å². The van der Waals surface area contributed by atoms with Crippen molar-refractivity contribution in [3.05, 3.63) is 24.3 Å². The zero-order chi connectivity index (χ0) is 12.8. The first-order valence-electron chi connectivity index (χ1n) is 5.91. The third-order valence-electron chi connectivity index (χ3n) is 2.65. The molecule has 0 aromatic heterocycles. The Labute approximate surface area is 103 Å². The minimum absolute atomic E-state index is 0.111. The number of hydrogen-bond donors (Lipinski definition) is 1. The molecule has 1 N–H and O–H groups in total. The fourth-order valence-corrected chi connectivity index (χ4v) is 1.58. The Hall–Kier alpha value is -1.71. The number of benzene rings is 1. The summed E-state index contributed by atoms with van der Waals surface area (Å²) in [5.41, 5.74) is 2.00. The number of carbonyl (C=O) groups is 1. The van der Waals surface area contributed by atoms with Crippen LogP contribution in [0.4, 0.5) is 16.2 Å². The van der Waals surface area contributed by atoms with E-state index in [0.29, 0.717) is 0 Å². The van der Waals surface area contributed by atoms with E-state index in [0.717, 1.165) is 18.8 Å². The fraction of sp³-hybridized carbons (Fsp3) is 0.462. The maximum atomic E-state index is 11.4. The third-order valence-corrected chi connectivity index (χ3v) is 2.65. The molecule has 0 saturated carbocycles. The normalized spacial score (nSPS) is 9.88. The first-order valence-corrected chi connectivity index (χ1v) is 5.91. The van der Waals surface area contributed by atoms with Crippen molar-refractivity contribution in [1.29, 1.82) is 0 Å². The van der Waals surface area contributed by atoms with Gasteiger partial charge < -0.3 is 15.1 Å². The number of carbonyl (C=O) groups excluding carboxylic acids is 1. The molecular formula is C13H21N3O. The summed E-state index contributed by atoms with van der Waals surface area (Å²) in [5, 5.41) is 2.81. The molecule has 0 saturated heterocycles. The molecule has 4 nitrogen and oxygen atoms in total. The quantitative estimate of drug-likeness (QED) is 0.870. The van der Waals surface area contributed by atoms with Crippen molar-refractivity contribution < 1.29 is 4.79 Å². The van der Waals surface area contributed by atoms with Crippen molar-refractivity contribution in [2.24, 2.45) is 0 Å². The van der Waals surface area contributed by atoms with Crippen LogP contribution in [-0.4, -0.2) is 38.1 Å². The second-order valence-electron chi connectivity index (χ2n) is 4.04. The lowest BCUT2D eigenvalue weighted by Crippen LogP contribution is -2.27. The van der Waals surface area contributed by atoms with Gasteiger partial charge in [0, 0.05) is 38.6 Å². The number of urea groups is 1. The molecule has 2 amide bonds. The van der Waals surface area contributed by atoms with Crippen molar-refractivity contribution in [3.8, 4) is 0 Å². The van der Waals surface area contributed by atoms with Crippen LogP contribution in [0, 0.1) is 0 Å². The zero-order valence-corrected chi connectivity index (χ0v) is 11.0. The highest BCUT2D eigenvalue weighted by atomic mass is 16.2. The molecule has 0 radical (unpaired) electrons. The number of nitrogens with one attached hydrogen (secondary N) is 1. The summed E-state index contributed by atoms with van der Waals surface area (Å²) in [4.78, 5) is 15.2. The maximum absolute atomic E-state index is 11.4. The van der Waals surface area contributed by atoms with Crippen LogP contribution in [0.15, 0.2) is 24.3 Å². The van der Waals surface area contributed by atoms with Gasteiger partial charge >= 0.3 is 6.03 Å². The highest BCUT2D eigenvalue weighted by molar-refractivity contribution is 5.89. The molecule has 94 valence electrons. The number of nitrogens with zero attached hydrogens (tertiary/aromatic N) is 2. The molecule has 0 aliphatic rings. The molecular weight excluding hydrogens is 214 g/mol. The first-order chi connectivity index (χ1) is 8.08. The van der Waals surface area contributed by atoms with Crippen LogP contribution < -0.4 is 10.2 Å². The van der Waals surface area contributed by atoms with Gasteiger partial charge in [0.2, 0.25) is 0 Å². The molecule has 0 aliphatic carbocycles. The Bertz CT molecular complexity index is 355. The fourth-order valence-electron chi connectivity index (χ4n) is 1.58. The van der Waals surface area contributed by atoms with Gasteiger partial charge in [-0.1, -0.05) is 0 Å². The Morgan fingerprint density at radius 2 is 1.65 bits per heavy atom. The lowest BCUT2D eigenvalue weighted by atomic mass is 10.2. The second-order valence-corrected chi connectivity index (χ2v) is 4.04. The van der Waals surface area contributed by atoms with E-state index < -0.39 is 0 Å². The van der Waals surface area contributed by atoms with Crippen LogP contribution in [0.2, 0.25) is 0 Å². The van der Waals surface area contributed by atoms with Crippen LogP contribution in [0.5, 0.6) is 0 Å². The predicted octanol–water partition coefficient (Wildman–Crippen LogP) is 2.63. The zero-order valence-electron chi connectivity index (χ0n) is 11.0. The van der Waals surface area contributed by atoms with Crippen molar-refractivity contribution in [2.45, 2.75) is 13.8 Å². The molecule has 17 heavy (non-hydrogen) atoms. The van der Waals surface area contributed by atoms with Gasteiger partial charge in [-0.15, -0.1) is 0 Å². The lowest BCUT2D eigenvalue weighted by molar-refractivity contribution is 0.230. The molecule has 0 spiro atoms. The topological polar surface area (TPSA) is 35.6 Å². The molecule has 1 aromatic carbocycles. The van der Waals surface area contributed by atoms with Crippen LogP contribution >= 0.6 is 0 Å². The lowest BCUT2D eigenvalue weighted by Gasteiger charge is -2.21. The second kappa shape index (κ2) is 6.13. The predicted molar refractivity (Wildman–Crippen MR) is 72.7 cm³/mol. The summed E-state index contributed by atoms with van der Waals surface area (Å²) < 4.78 is 0. The van der Waals surface area contributed by atoms with E-state index in [1.807, 2.05) is 24.3 Å². The van der Waals surface area contributed by atoms with Crippen molar-refractivity contribution in [2.75, 3.05) is 37.4 Å². The summed E-state index contributed by atoms with van der Waals surface area (Å²) in [6.07, 6.45) is 0. The molecule has 0 heterocycles. The standard InChI is InChI=1S/C13H21N3O/c1-5-16(6-2)12-9-7-11(8-10-12)14-13(17)15(3)4/h7-10H,5-6H2,1-4H3,(H,14,17). The summed E-state index contributed by atoms with van der Waals surface area (Å²) in [6, 6.07) is 7.79. The molecule has 0 fully saturated rings. The molecule has 1 rings (SSSR count). The van der Waals surface area contributed by atoms with Gasteiger partial charge in [-0.3, -0.25) is 0 Å². The average Bonchev–Trinajstić information content (AvgIpc) is 2.32. The van der Waals surface area contributed by atoms with Crippen molar-refractivity contribution >= 4 is 17.4 Å². The molecule has 0 bridgehead atoms. The van der Waals surface area contributed by atoms with Gasteiger partial charge in [0.05, 0.1) is 0 Å². The van der Waals surface area contributed by atoms with E-state index in [-0.39, 0.29) is 6.03 Å². The summed E-state index contributed by atoms with van der Waals surface area (Å²) in [6.45, 7) is 6.23. The Kier molecular flexibility index (Phi) is 4.82. The number of rotatable bonds is 4. The van der Waals surface area contributed by atoms with E-state index in [1.54, 1.807) is 14.1 Å². The van der Waals surface area contributed by atoms with Gasteiger partial charge in [-0.2, -0.15) is 0 Å². The van der Waals surface area contributed by atoms with E-state index >= 15 is 0 Å². The Balaban J connectivity index is 2.71. The molecule has 4 heteroatoms. The largest absolute Gasteiger partial charge is 0.372 e. The van der Waals surface area contributed by atoms with Crippen LogP contribution in [-0.2, 0) is 0 Å². The Morgan fingerprint density at radius 3 is 2.06 bits per heavy atom. The number of hydrogen-bond acceptors (Lipinski definition) is 2. The first kappa shape index (κ1) is 13.4. The summed E-state index contributed by atoms with van der Waals surface area (Å²) in [5.74, 6) is 0. The highest BCUT2D eigenvalue weighted by Gasteiger charge is 2.05. The van der Waals surface area contributed by atoms with Crippen LogP contribution in [0.25, 0.3) is 0 Å². The molecule has 0 aliphatic heterocycles. The van der Waals surface area contributed by atoms with E-state index in [9.17, 15) is 4.79 Å². The SMILES string of the molecule is CCN(CC)c1ccc(NC(=O)N(C)C)cc1. The summed E-state index contributed by atoms with van der Waals surface area (Å²) >= 11 is 0. The van der Waals surface area contributed by atoms with Crippen LogP contribution in [0.3, 0.4) is 0 Å². The molecule has 0 unspecified atom stereocenters. The third kappa shape index (κ3) is 3.66. The number of anilines is 2. The van der Waals surface area contributed by atoms with E-state index in [1.165, 1.54) is 10.6 Å². The van der Waals surface area contributed by atoms with Gasteiger partial charge in [0.25, 0.3) is 0 Å². The maximum Gasteiger partial charge on any atom is 0.321 e. The van der Waals surface area contributed by atoms with Gasteiger partial charge in [-0.05, 0) is 38.1 Å². The minimum Gasteiger partial charge on any atom is -0.372 e. The smallest absolute Gasteiger partial charge is 0.321 e. The molecule has 1 aromatic rings. The highest BCUT2D eigenvalue weighted by Crippen LogP contribution is 2.17. The van der Waals surface area contributed by atoms with E-state index in [4.69, 9.17) is 0 Å². The van der Waals surface area contributed by atoms with Gasteiger partial charge in [0.15, 0.2) is 0 Å². The number of amides is 2. The van der Waals surface area contributed by atoms with Gasteiger partial charge in [0.1, 0.15) is 0 Å². The minimum atomic E-state index is -0.111. The summed E-state index contributed by atoms with van der Waals surface area (Å²) in [7, 11) is 3.44.